The van der Waals surface area contributed by atoms with E-state index in [0.29, 0.717) is 25.6 Å². The minimum Gasteiger partial charge on any atom is -0.496 e. The Bertz CT molecular complexity index is 1320. The first kappa shape index (κ1) is 26.4. The summed E-state index contributed by atoms with van der Waals surface area (Å²) in [5.74, 6) is 2.34. The third-order valence-electron chi connectivity index (χ3n) is 6.52. The molecule has 7 nitrogen and oxygen atoms in total. The van der Waals surface area contributed by atoms with Crippen molar-refractivity contribution in [2.45, 2.75) is 58.8 Å². The molecule has 7 heteroatoms. The molecule has 0 saturated carbocycles. The molecule has 37 heavy (non-hydrogen) atoms. The van der Waals surface area contributed by atoms with Crippen molar-refractivity contribution in [3.8, 4) is 5.75 Å². The molecule has 1 aromatic heterocycles. The molecule has 3 aromatic rings. The highest BCUT2D eigenvalue weighted by Gasteiger charge is 2.11. The summed E-state index contributed by atoms with van der Waals surface area (Å²) in [5.41, 5.74) is 16.0. The first-order valence-corrected chi connectivity index (χ1v) is 13.1. The summed E-state index contributed by atoms with van der Waals surface area (Å²) < 4.78 is 13.9. The van der Waals surface area contributed by atoms with Crippen LogP contribution >= 0.6 is 0 Å². The fourth-order valence-electron chi connectivity index (χ4n) is 4.49. The minimum atomic E-state index is 0.502. The number of fused-ring (bicyclic) bond motifs is 1. The zero-order valence-corrected chi connectivity index (χ0v) is 22.0. The number of aliphatic imine (C=N–C) groups is 1. The van der Waals surface area contributed by atoms with Crippen molar-refractivity contribution < 1.29 is 9.47 Å². The standard InChI is InChI=1S/C30H39N5O2/c1-3-4-5-16-33-30-29-24(7-6-8-28(32)34-30)15-17-35(29)19-25-12-9-23(18-27(25)36-2)21-37-20-22-10-13-26(31)14-11-22/h7,9-15,17-18,33H,3-6,8,16,19-21,31H2,1-2H3,(H2,32,34)/b24-7-,30-29+. The van der Waals surface area contributed by atoms with E-state index in [-0.39, 0.29) is 0 Å². The molecule has 1 aliphatic heterocycles. The van der Waals surface area contributed by atoms with Crippen LogP contribution in [-0.4, -0.2) is 24.1 Å². The fraction of sp³-hybridized carbons (Fsp3) is 0.367. The van der Waals surface area contributed by atoms with E-state index in [0.717, 1.165) is 65.1 Å². The number of nitrogens with one attached hydrogen (secondary N) is 1. The zero-order valence-electron chi connectivity index (χ0n) is 22.0. The number of nitrogens with zero attached hydrogens (tertiary/aromatic N) is 2. The maximum atomic E-state index is 6.22. The van der Waals surface area contributed by atoms with E-state index in [2.05, 4.69) is 53.3 Å². The van der Waals surface area contributed by atoms with Gasteiger partial charge in [0.15, 0.2) is 5.82 Å². The van der Waals surface area contributed by atoms with E-state index in [1.807, 2.05) is 24.3 Å². The molecule has 0 spiro atoms. The molecule has 5 N–H and O–H groups in total. The van der Waals surface area contributed by atoms with E-state index >= 15 is 0 Å². The van der Waals surface area contributed by atoms with Gasteiger partial charge in [0.05, 0.1) is 32.2 Å². The van der Waals surface area contributed by atoms with Gasteiger partial charge in [-0.3, -0.25) is 0 Å². The molecular weight excluding hydrogens is 462 g/mol. The number of unbranched alkanes of at least 4 members (excludes halogenated alkanes) is 2. The predicted octanol–water partition coefficient (Wildman–Crippen LogP) is 3.62. The lowest BCUT2D eigenvalue weighted by Gasteiger charge is -2.14. The summed E-state index contributed by atoms with van der Waals surface area (Å²) in [7, 11) is 1.71. The van der Waals surface area contributed by atoms with Crippen molar-refractivity contribution in [3.63, 3.8) is 0 Å². The van der Waals surface area contributed by atoms with E-state index in [1.165, 1.54) is 18.1 Å². The highest BCUT2D eigenvalue weighted by atomic mass is 16.5. The molecule has 0 amide bonds. The Balaban J connectivity index is 1.54. The average molecular weight is 502 g/mol. The van der Waals surface area contributed by atoms with Gasteiger partial charge in [-0.1, -0.05) is 50.1 Å². The summed E-state index contributed by atoms with van der Waals surface area (Å²) >= 11 is 0. The van der Waals surface area contributed by atoms with Crippen LogP contribution < -0.4 is 32.1 Å². The minimum absolute atomic E-state index is 0.502. The Morgan fingerprint density at radius 2 is 1.78 bits per heavy atom. The normalized spacial score (nSPS) is 17.0. The summed E-state index contributed by atoms with van der Waals surface area (Å²) in [6.45, 7) is 4.78. The van der Waals surface area contributed by atoms with Gasteiger partial charge in [-0.05, 0) is 53.5 Å². The quantitative estimate of drug-likeness (QED) is 0.260. The number of amidine groups is 1. The lowest BCUT2D eigenvalue weighted by molar-refractivity contribution is 0.107. The van der Waals surface area contributed by atoms with Crippen LogP contribution in [0.4, 0.5) is 5.69 Å². The molecule has 2 heterocycles. The highest BCUT2D eigenvalue weighted by molar-refractivity contribution is 5.84. The third-order valence-corrected chi connectivity index (χ3v) is 6.52. The van der Waals surface area contributed by atoms with Crippen molar-refractivity contribution >= 4 is 23.4 Å². The Labute approximate surface area is 219 Å². The maximum absolute atomic E-state index is 6.22. The lowest BCUT2D eigenvalue weighted by Crippen LogP contribution is -2.37. The van der Waals surface area contributed by atoms with Crippen LogP contribution in [0.3, 0.4) is 0 Å². The second kappa shape index (κ2) is 13.0. The number of hydrogen-bond donors (Lipinski definition) is 3. The number of nitrogen functional groups attached to an aromatic ring is 1. The Morgan fingerprint density at radius 1 is 1.00 bits per heavy atom. The van der Waals surface area contributed by atoms with Gasteiger partial charge in [0.2, 0.25) is 0 Å². The number of hydrogen-bond acceptors (Lipinski definition) is 6. The lowest BCUT2D eigenvalue weighted by atomic mass is 10.1. The second-order valence-electron chi connectivity index (χ2n) is 9.46. The van der Waals surface area contributed by atoms with Crippen LogP contribution in [0.1, 0.15) is 55.7 Å². The van der Waals surface area contributed by atoms with Gasteiger partial charge in [-0.2, -0.15) is 0 Å². The largest absolute Gasteiger partial charge is 0.496 e. The average Bonchev–Trinajstić information content (AvgIpc) is 3.28. The number of anilines is 1. The number of aromatic nitrogens is 1. The van der Waals surface area contributed by atoms with Crippen molar-refractivity contribution in [2.24, 2.45) is 10.7 Å². The van der Waals surface area contributed by atoms with E-state index in [1.54, 1.807) is 7.11 Å². The molecular formula is C30H39N5O2. The maximum Gasteiger partial charge on any atom is 0.152 e. The molecule has 4 rings (SSSR count). The van der Waals surface area contributed by atoms with Gasteiger partial charge in [-0.15, -0.1) is 0 Å². The third kappa shape index (κ3) is 7.17. The molecule has 0 atom stereocenters. The van der Waals surface area contributed by atoms with Crippen LogP contribution in [0.2, 0.25) is 0 Å². The number of methoxy groups -OCH3 is 1. The van der Waals surface area contributed by atoms with Crippen LogP contribution in [0.25, 0.3) is 11.9 Å². The molecule has 0 fully saturated rings. The highest BCUT2D eigenvalue weighted by Crippen LogP contribution is 2.22. The van der Waals surface area contributed by atoms with Crippen LogP contribution in [0, 0.1) is 0 Å². The summed E-state index contributed by atoms with van der Waals surface area (Å²) in [6.07, 6.45) is 9.48. The van der Waals surface area contributed by atoms with Gasteiger partial charge in [0, 0.05) is 30.4 Å². The van der Waals surface area contributed by atoms with Crippen molar-refractivity contribution in [1.29, 1.82) is 0 Å². The van der Waals surface area contributed by atoms with Crippen molar-refractivity contribution in [3.05, 3.63) is 82.0 Å². The molecule has 0 bridgehead atoms. The summed E-state index contributed by atoms with van der Waals surface area (Å²) in [6, 6.07) is 16.2. The Kier molecular flexibility index (Phi) is 9.27. The van der Waals surface area contributed by atoms with Gasteiger partial charge in [0.25, 0.3) is 0 Å². The smallest absolute Gasteiger partial charge is 0.152 e. The van der Waals surface area contributed by atoms with E-state index in [4.69, 9.17) is 25.9 Å². The molecule has 0 unspecified atom stereocenters. The number of benzene rings is 2. The zero-order chi connectivity index (χ0) is 26.0. The van der Waals surface area contributed by atoms with Gasteiger partial charge >= 0.3 is 0 Å². The molecule has 1 aliphatic rings. The topological polar surface area (TPSA) is 99.8 Å². The first-order chi connectivity index (χ1) is 18.1. The second-order valence-corrected chi connectivity index (χ2v) is 9.46. The van der Waals surface area contributed by atoms with Crippen molar-refractivity contribution in [1.82, 2.24) is 9.88 Å². The number of rotatable bonds is 12. The SMILES string of the molecule is CCCCCNC1=c2/c(ccn2Cc2ccc(COCc3ccc(N)cc3)cc2OC)=C\CC/C(N)=N\1. The van der Waals surface area contributed by atoms with Crippen LogP contribution in [0.15, 0.2) is 59.7 Å². The summed E-state index contributed by atoms with van der Waals surface area (Å²) in [4.78, 5) is 4.77. The Hall–Kier alpha value is -3.71. The van der Waals surface area contributed by atoms with Gasteiger partial charge in [0.1, 0.15) is 11.6 Å². The van der Waals surface area contributed by atoms with Gasteiger partial charge < -0.3 is 30.8 Å². The first-order valence-electron chi connectivity index (χ1n) is 13.1. The number of nitrogens with two attached hydrogens (primary N) is 2. The van der Waals surface area contributed by atoms with Gasteiger partial charge in [-0.25, -0.2) is 4.99 Å². The predicted molar refractivity (Wildman–Crippen MR) is 151 cm³/mol. The molecule has 0 aliphatic carbocycles. The van der Waals surface area contributed by atoms with E-state index in [9.17, 15) is 0 Å². The molecule has 2 aromatic carbocycles. The summed E-state index contributed by atoms with van der Waals surface area (Å²) in [5, 5.41) is 5.80. The van der Waals surface area contributed by atoms with E-state index < -0.39 is 0 Å². The monoisotopic (exact) mass is 501 g/mol. The van der Waals surface area contributed by atoms with Crippen molar-refractivity contribution in [2.75, 3.05) is 19.4 Å². The van der Waals surface area contributed by atoms with Crippen LogP contribution in [-0.2, 0) is 24.5 Å². The molecule has 0 saturated heterocycles. The fourth-order valence-corrected chi connectivity index (χ4v) is 4.49. The molecule has 196 valence electrons. The number of ether oxygens (including phenoxy) is 2. The van der Waals surface area contributed by atoms with Crippen LogP contribution in [0.5, 0.6) is 5.75 Å². The molecule has 0 radical (unpaired) electrons. The Morgan fingerprint density at radius 3 is 2.57 bits per heavy atom.